The number of pyridine rings is 1. The molecule has 0 saturated heterocycles. The number of hydrogen-bond donors (Lipinski definition) is 1. The SMILES string of the molecule is Nc1ccc2c(c1)N(CCc1cccnc1)C(=O)CO2. The van der Waals surface area contributed by atoms with E-state index in [0.717, 1.165) is 17.7 Å². The van der Waals surface area contributed by atoms with Gasteiger partial charge in [0, 0.05) is 24.6 Å². The summed E-state index contributed by atoms with van der Waals surface area (Å²) in [6.45, 7) is 0.661. The molecule has 20 heavy (non-hydrogen) atoms. The first-order chi connectivity index (χ1) is 9.74. The van der Waals surface area contributed by atoms with Gasteiger partial charge in [-0.15, -0.1) is 0 Å². The average molecular weight is 269 g/mol. The minimum atomic E-state index is -0.0491. The highest BCUT2D eigenvalue weighted by atomic mass is 16.5. The van der Waals surface area contributed by atoms with Crippen molar-refractivity contribution in [3.8, 4) is 5.75 Å². The monoisotopic (exact) mass is 269 g/mol. The molecule has 0 aliphatic carbocycles. The molecule has 2 N–H and O–H groups in total. The van der Waals surface area contributed by atoms with E-state index in [1.165, 1.54) is 0 Å². The van der Waals surface area contributed by atoms with Gasteiger partial charge in [0.15, 0.2) is 6.61 Å². The lowest BCUT2D eigenvalue weighted by molar-refractivity contribution is -0.121. The third-order valence-electron chi connectivity index (χ3n) is 3.27. The third kappa shape index (κ3) is 2.42. The van der Waals surface area contributed by atoms with Crippen LogP contribution >= 0.6 is 0 Å². The Labute approximate surface area is 117 Å². The number of ether oxygens (including phenoxy) is 1. The van der Waals surface area contributed by atoms with Crippen LogP contribution in [-0.2, 0) is 11.2 Å². The molecule has 0 saturated carbocycles. The maximum atomic E-state index is 12.0. The van der Waals surface area contributed by atoms with Crippen LogP contribution < -0.4 is 15.4 Å². The zero-order chi connectivity index (χ0) is 13.9. The second kappa shape index (κ2) is 5.21. The van der Waals surface area contributed by atoms with Gasteiger partial charge >= 0.3 is 0 Å². The van der Waals surface area contributed by atoms with Crippen LogP contribution in [0, 0.1) is 0 Å². The van der Waals surface area contributed by atoms with E-state index >= 15 is 0 Å². The molecule has 102 valence electrons. The number of amides is 1. The number of nitrogen functional groups attached to an aromatic ring is 1. The van der Waals surface area contributed by atoms with Crippen molar-refractivity contribution in [3.63, 3.8) is 0 Å². The fourth-order valence-electron chi connectivity index (χ4n) is 2.25. The first-order valence-electron chi connectivity index (χ1n) is 6.45. The Hall–Kier alpha value is -2.56. The second-order valence-corrected chi connectivity index (χ2v) is 4.67. The molecule has 3 rings (SSSR count). The van der Waals surface area contributed by atoms with E-state index in [2.05, 4.69) is 4.98 Å². The Balaban J connectivity index is 1.82. The molecule has 1 amide bonds. The topological polar surface area (TPSA) is 68.5 Å². The van der Waals surface area contributed by atoms with E-state index in [4.69, 9.17) is 10.5 Å². The molecule has 1 aromatic heterocycles. The van der Waals surface area contributed by atoms with Crippen LogP contribution in [0.5, 0.6) is 5.75 Å². The van der Waals surface area contributed by atoms with Gasteiger partial charge in [0.1, 0.15) is 5.75 Å². The first-order valence-corrected chi connectivity index (χ1v) is 6.45. The van der Waals surface area contributed by atoms with E-state index in [0.29, 0.717) is 18.0 Å². The summed E-state index contributed by atoms with van der Waals surface area (Å²) in [5, 5.41) is 0. The zero-order valence-corrected chi connectivity index (χ0v) is 11.0. The van der Waals surface area contributed by atoms with E-state index in [9.17, 15) is 4.79 Å². The zero-order valence-electron chi connectivity index (χ0n) is 11.0. The van der Waals surface area contributed by atoms with Crippen LogP contribution in [0.15, 0.2) is 42.7 Å². The predicted molar refractivity (Wildman–Crippen MR) is 76.6 cm³/mol. The summed E-state index contributed by atoms with van der Waals surface area (Å²) in [6.07, 6.45) is 4.29. The van der Waals surface area contributed by atoms with Crippen molar-refractivity contribution in [1.29, 1.82) is 0 Å². The molecule has 1 aliphatic rings. The van der Waals surface area contributed by atoms with Crippen molar-refractivity contribution in [2.75, 3.05) is 23.8 Å². The van der Waals surface area contributed by atoms with Gasteiger partial charge in [0.2, 0.25) is 0 Å². The lowest BCUT2D eigenvalue weighted by Gasteiger charge is -2.29. The highest BCUT2D eigenvalue weighted by Gasteiger charge is 2.25. The van der Waals surface area contributed by atoms with Crippen molar-refractivity contribution in [3.05, 3.63) is 48.3 Å². The first kappa shape index (κ1) is 12.5. The van der Waals surface area contributed by atoms with E-state index < -0.39 is 0 Å². The Morgan fingerprint density at radius 1 is 1.35 bits per heavy atom. The van der Waals surface area contributed by atoms with Crippen LogP contribution in [0.25, 0.3) is 0 Å². The van der Waals surface area contributed by atoms with Gasteiger partial charge in [-0.25, -0.2) is 0 Å². The van der Waals surface area contributed by atoms with E-state index in [1.54, 1.807) is 29.3 Å². The summed E-state index contributed by atoms with van der Waals surface area (Å²) in [5.41, 5.74) is 8.25. The number of nitrogens with two attached hydrogens (primary N) is 1. The summed E-state index contributed by atoms with van der Waals surface area (Å²) in [7, 11) is 0. The summed E-state index contributed by atoms with van der Waals surface area (Å²) in [5.74, 6) is 0.650. The van der Waals surface area contributed by atoms with Crippen LogP contribution in [0.4, 0.5) is 11.4 Å². The molecule has 0 bridgehead atoms. The summed E-state index contributed by atoms with van der Waals surface area (Å²) in [4.78, 5) is 17.8. The van der Waals surface area contributed by atoms with Crippen LogP contribution in [0.3, 0.4) is 0 Å². The second-order valence-electron chi connectivity index (χ2n) is 4.67. The smallest absolute Gasteiger partial charge is 0.265 e. The lowest BCUT2D eigenvalue weighted by Crippen LogP contribution is -2.40. The maximum absolute atomic E-state index is 12.0. The molecule has 0 unspecified atom stereocenters. The highest BCUT2D eigenvalue weighted by molar-refractivity contribution is 5.98. The minimum absolute atomic E-state index is 0.0491. The van der Waals surface area contributed by atoms with Crippen molar-refractivity contribution >= 4 is 17.3 Å². The van der Waals surface area contributed by atoms with Gasteiger partial charge in [-0.2, -0.15) is 0 Å². The average Bonchev–Trinajstić information content (AvgIpc) is 2.47. The Kier molecular flexibility index (Phi) is 3.25. The van der Waals surface area contributed by atoms with Gasteiger partial charge in [-0.3, -0.25) is 9.78 Å². The number of anilines is 2. The normalized spacial score (nSPS) is 13.8. The van der Waals surface area contributed by atoms with Crippen molar-refractivity contribution < 1.29 is 9.53 Å². The van der Waals surface area contributed by atoms with Gasteiger partial charge in [0.25, 0.3) is 5.91 Å². The quantitative estimate of drug-likeness (QED) is 0.860. The molecule has 1 aromatic carbocycles. The Morgan fingerprint density at radius 2 is 2.25 bits per heavy atom. The summed E-state index contributed by atoms with van der Waals surface area (Å²) >= 11 is 0. The molecule has 5 heteroatoms. The molecular formula is C15H15N3O2. The number of hydrogen-bond acceptors (Lipinski definition) is 4. The number of fused-ring (bicyclic) bond motifs is 1. The van der Waals surface area contributed by atoms with Crippen molar-refractivity contribution in [1.82, 2.24) is 4.98 Å². The molecule has 0 radical (unpaired) electrons. The third-order valence-corrected chi connectivity index (χ3v) is 3.27. The molecule has 5 nitrogen and oxygen atoms in total. The van der Waals surface area contributed by atoms with Crippen LogP contribution in [0.2, 0.25) is 0 Å². The molecule has 0 spiro atoms. The maximum Gasteiger partial charge on any atom is 0.265 e. The molecular weight excluding hydrogens is 254 g/mol. The van der Waals surface area contributed by atoms with Gasteiger partial charge < -0.3 is 15.4 Å². The number of carbonyl (C=O) groups excluding carboxylic acids is 1. The molecule has 2 aromatic rings. The standard InChI is InChI=1S/C15H15N3O2/c16-12-3-4-14-13(8-12)18(15(19)10-20-14)7-5-11-2-1-6-17-9-11/h1-4,6,8-9H,5,7,10,16H2. The number of aromatic nitrogens is 1. The number of nitrogens with zero attached hydrogens (tertiary/aromatic N) is 2. The molecule has 0 atom stereocenters. The number of rotatable bonds is 3. The van der Waals surface area contributed by atoms with Crippen LogP contribution in [-0.4, -0.2) is 24.0 Å². The fraction of sp³-hybridized carbons (Fsp3) is 0.200. The molecule has 2 heterocycles. The predicted octanol–water partition coefficient (Wildman–Crippen LogP) is 1.63. The Morgan fingerprint density at radius 3 is 3.05 bits per heavy atom. The minimum Gasteiger partial charge on any atom is -0.482 e. The van der Waals surface area contributed by atoms with E-state index in [-0.39, 0.29) is 12.5 Å². The van der Waals surface area contributed by atoms with Crippen molar-refractivity contribution in [2.45, 2.75) is 6.42 Å². The molecule has 0 fully saturated rings. The van der Waals surface area contributed by atoms with Gasteiger partial charge in [0.05, 0.1) is 5.69 Å². The van der Waals surface area contributed by atoms with E-state index in [1.807, 2.05) is 18.3 Å². The Bertz CT molecular complexity index is 628. The lowest BCUT2D eigenvalue weighted by atomic mass is 10.1. The largest absolute Gasteiger partial charge is 0.482 e. The van der Waals surface area contributed by atoms with Gasteiger partial charge in [-0.1, -0.05) is 6.07 Å². The van der Waals surface area contributed by atoms with Crippen LogP contribution in [0.1, 0.15) is 5.56 Å². The fourth-order valence-corrected chi connectivity index (χ4v) is 2.25. The molecule has 1 aliphatic heterocycles. The summed E-state index contributed by atoms with van der Waals surface area (Å²) in [6, 6.07) is 9.23. The number of carbonyl (C=O) groups is 1. The van der Waals surface area contributed by atoms with Crippen molar-refractivity contribution in [2.24, 2.45) is 0 Å². The number of benzene rings is 1. The summed E-state index contributed by atoms with van der Waals surface area (Å²) < 4.78 is 5.41. The van der Waals surface area contributed by atoms with Gasteiger partial charge in [-0.05, 0) is 36.2 Å². The highest BCUT2D eigenvalue weighted by Crippen LogP contribution is 2.33.